The first-order valence-corrected chi connectivity index (χ1v) is 7.88. The van der Waals surface area contributed by atoms with E-state index in [0.29, 0.717) is 0 Å². The van der Waals surface area contributed by atoms with Crippen LogP contribution in [0.3, 0.4) is 0 Å². The van der Waals surface area contributed by atoms with Gasteiger partial charge >= 0.3 is 0 Å². The van der Waals surface area contributed by atoms with Crippen molar-refractivity contribution in [1.82, 2.24) is 4.90 Å². The van der Waals surface area contributed by atoms with Crippen LogP contribution in [0.4, 0.5) is 10.1 Å². The maximum atomic E-state index is 13.0. The number of hydrogen-bond donors (Lipinski definition) is 0. The van der Waals surface area contributed by atoms with Gasteiger partial charge in [-0.2, -0.15) is 0 Å². The molecule has 0 spiro atoms. The molecule has 0 amide bonds. The second-order valence-electron chi connectivity index (χ2n) is 6.38. The Hall–Kier alpha value is -1.87. The molecule has 22 heavy (non-hydrogen) atoms. The highest BCUT2D eigenvalue weighted by atomic mass is 19.1. The molecule has 2 nitrogen and oxygen atoms in total. The van der Waals surface area contributed by atoms with Gasteiger partial charge in [0.15, 0.2) is 0 Å². The molecule has 0 aromatic heterocycles. The minimum Gasteiger partial charge on any atom is -0.369 e. The number of rotatable bonds is 3. The number of benzene rings is 2. The Labute approximate surface area is 132 Å². The van der Waals surface area contributed by atoms with Crippen LogP contribution >= 0.6 is 0 Å². The van der Waals surface area contributed by atoms with Crippen LogP contribution in [-0.4, -0.2) is 31.1 Å². The van der Waals surface area contributed by atoms with Gasteiger partial charge < -0.3 is 4.90 Å². The van der Waals surface area contributed by atoms with E-state index in [1.807, 2.05) is 12.1 Å². The van der Waals surface area contributed by atoms with E-state index in [2.05, 4.69) is 54.0 Å². The quantitative estimate of drug-likeness (QED) is 0.848. The highest BCUT2D eigenvalue weighted by Gasteiger charge is 2.31. The maximum absolute atomic E-state index is 13.0. The molecule has 2 aromatic carbocycles. The number of anilines is 1. The molecule has 2 aromatic rings. The summed E-state index contributed by atoms with van der Waals surface area (Å²) in [6.45, 7) is 8.55. The summed E-state index contributed by atoms with van der Waals surface area (Å²) in [6.07, 6.45) is 0. The lowest BCUT2D eigenvalue weighted by Gasteiger charge is -2.45. The zero-order valence-electron chi connectivity index (χ0n) is 13.3. The lowest BCUT2D eigenvalue weighted by atomic mass is 9.91. The molecule has 1 fully saturated rings. The molecule has 0 atom stereocenters. The second-order valence-corrected chi connectivity index (χ2v) is 6.38. The molecular weight excluding hydrogens is 275 g/mol. The fourth-order valence-electron chi connectivity index (χ4n) is 3.20. The zero-order valence-corrected chi connectivity index (χ0v) is 13.3. The molecule has 0 aliphatic carbocycles. The predicted octanol–water partition coefficient (Wildman–Crippen LogP) is 3.88. The van der Waals surface area contributed by atoms with Crippen molar-refractivity contribution in [2.75, 3.05) is 31.1 Å². The summed E-state index contributed by atoms with van der Waals surface area (Å²) in [4.78, 5) is 4.86. The molecule has 116 valence electrons. The third-order valence-electron chi connectivity index (χ3n) is 4.74. The summed E-state index contributed by atoms with van der Waals surface area (Å²) in [5.74, 6) is -0.174. The second kappa shape index (κ2) is 6.09. The Bertz CT molecular complexity index is 599. The zero-order chi connectivity index (χ0) is 15.6. The number of hydrogen-bond acceptors (Lipinski definition) is 2. The average Bonchev–Trinajstić information content (AvgIpc) is 2.56. The van der Waals surface area contributed by atoms with E-state index in [9.17, 15) is 4.39 Å². The summed E-state index contributed by atoms with van der Waals surface area (Å²) >= 11 is 0. The number of piperazine rings is 1. The number of nitrogens with zero attached hydrogens (tertiary/aromatic N) is 2. The smallest absolute Gasteiger partial charge is 0.123 e. The van der Waals surface area contributed by atoms with Gasteiger partial charge in [0.1, 0.15) is 5.82 Å². The van der Waals surface area contributed by atoms with Gasteiger partial charge in [-0.25, -0.2) is 4.39 Å². The van der Waals surface area contributed by atoms with Gasteiger partial charge in [0.2, 0.25) is 0 Å². The minimum atomic E-state index is -0.174. The van der Waals surface area contributed by atoms with Crippen LogP contribution in [-0.2, 0) is 5.54 Å². The topological polar surface area (TPSA) is 6.48 Å². The molecule has 0 N–H and O–H groups in total. The monoisotopic (exact) mass is 298 g/mol. The first-order valence-electron chi connectivity index (χ1n) is 7.88. The van der Waals surface area contributed by atoms with E-state index >= 15 is 0 Å². The van der Waals surface area contributed by atoms with Crippen molar-refractivity contribution < 1.29 is 4.39 Å². The highest BCUT2D eigenvalue weighted by molar-refractivity contribution is 5.46. The van der Waals surface area contributed by atoms with Gasteiger partial charge in [-0.3, -0.25) is 4.90 Å². The van der Waals surface area contributed by atoms with Crippen molar-refractivity contribution in [3.63, 3.8) is 0 Å². The molecule has 1 aliphatic rings. The molecule has 0 unspecified atom stereocenters. The van der Waals surface area contributed by atoms with Crippen LogP contribution in [0.15, 0.2) is 54.6 Å². The lowest BCUT2D eigenvalue weighted by molar-refractivity contribution is 0.111. The lowest BCUT2D eigenvalue weighted by Crippen LogP contribution is -2.53. The van der Waals surface area contributed by atoms with Crippen molar-refractivity contribution in [2.45, 2.75) is 19.4 Å². The van der Waals surface area contributed by atoms with Crippen LogP contribution in [0.25, 0.3) is 0 Å². The van der Waals surface area contributed by atoms with Gasteiger partial charge in [-0.05, 0) is 43.7 Å². The Morgan fingerprint density at radius 3 is 2.00 bits per heavy atom. The Morgan fingerprint density at radius 1 is 0.818 bits per heavy atom. The van der Waals surface area contributed by atoms with Crippen molar-refractivity contribution in [1.29, 1.82) is 0 Å². The van der Waals surface area contributed by atoms with Crippen LogP contribution in [0, 0.1) is 5.82 Å². The van der Waals surface area contributed by atoms with Crippen LogP contribution in [0.1, 0.15) is 19.4 Å². The Balaban J connectivity index is 1.67. The molecule has 1 aliphatic heterocycles. The molecule has 1 saturated heterocycles. The third kappa shape index (κ3) is 3.00. The fourth-order valence-corrected chi connectivity index (χ4v) is 3.20. The molecule has 3 rings (SSSR count). The summed E-state index contributed by atoms with van der Waals surface area (Å²) in [5, 5.41) is 0. The van der Waals surface area contributed by atoms with E-state index in [0.717, 1.165) is 31.9 Å². The van der Waals surface area contributed by atoms with Crippen molar-refractivity contribution in [2.24, 2.45) is 0 Å². The van der Waals surface area contributed by atoms with E-state index in [-0.39, 0.29) is 11.4 Å². The Morgan fingerprint density at radius 2 is 1.41 bits per heavy atom. The molecule has 0 radical (unpaired) electrons. The summed E-state index contributed by atoms with van der Waals surface area (Å²) < 4.78 is 13.0. The Kier molecular flexibility index (Phi) is 4.16. The summed E-state index contributed by atoms with van der Waals surface area (Å²) in [6, 6.07) is 17.5. The van der Waals surface area contributed by atoms with E-state index < -0.39 is 0 Å². The largest absolute Gasteiger partial charge is 0.369 e. The summed E-state index contributed by atoms with van der Waals surface area (Å²) in [5.41, 5.74) is 2.50. The van der Waals surface area contributed by atoms with Gasteiger partial charge in [0, 0.05) is 37.4 Å². The third-order valence-corrected chi connectivity index (χ3v) is 4.74. The standard InChI is InChI=1S/C19H23FN2/c1-19(2,16-6-4-3-5-7-16)22-14-12-21(13-15-22)18-10-8-17(20)9-11-18/h3-11H,12-15H2,1-2H3. The molecule has 3 heteroatoms. The fraction of sp³-hybridized carbons (Fsp3) is 0.368. The van der Waals surface area contributed by atoms with Crippen LogP contribution in [0.5, 0.6) is 0 Å². The molecule has 0 saturated carbocycles. The van der Waals surface area contributed by atoms with Gasteiger partial charge in [0.25, 0.3) is 0 Å². The van der Waals surface area contributed by atoms with E-state index in [1.165, 1.54) is 17.7 Å². The predicted molar refractivity (Wildman–Crippen MR) is 89.7 cm³/mol. The summed E-state index contributed by atoms with van der Waals surface area (Å²) in [7, 11) is 0. The maximum Gasteiger partial charge on any atom is 0.123 e. The van der Waals surface area contributed by atoms with Crippen LogP contribution in [0.2, 0.25) is 0 Å². The van der Waals surface area contributed by atoms with Gasteiger partial charge in [-0.1, -0.05) is 30.3 Å². The van der Waals surface area contributed by atoms with Gasteiger partial charge in [0.05, 0.1) is 0 Å². The van der Waals surface area contributed by atoms with E-state index in [1.54, 1.807) is 0 Å². The van der Waals surface area contributed by atoms with Crippen molar-refractivity contribution in [3.05, 3.63) is 66.0 Å². The first-order chi connectivity index (χ1) is 10.6. The van der Waals surface area contributed by atoms with Crippen LogP contribution < -0.4 is 4.90 Å². The molecule has 0 bridgehead atoms. The average molecular weight is 298 g/mol. The minimum absolute atomic E-state index is 0.0378. The SMILES string of the molecule is CC(C)(c1ccccc1)N1CCN(c2ccc(F)cc2)CC1. The highest BCUT2D eigenvalue weighted by Crippen LogP contribution is 2.29. The first kappa shape index (κ1) is 15.0. The normalized spacial score (nSPS) is 16.8. The van der Waals surface area contributed by atoms with Crippen molar-refractivity contribution >= 4 is 5.69 Å². The number of halogens is 1. The van der Waals surface area contributed by atoms with E-state index in [4.69, 9.17) is 0 Å². The molecule has 1 heterocycles. The molecular formula is C19H23FN2. The van der Waals surface area contributed by atoms with Gasteiger partial charge in [-0.15, -0.1) is 0 Å². The van der Waals surface area contributed by atoms with Crippen molar-refractivity contribution in [3.8, 4) is 0 Å².